The summed E-state index contributed by atoms with van der Waals surface area (Å²) < 4.78 is 14.5. The SMILES string of the molecule is C=C/C(N)=C\C(=C/C)c1ccc2[nH]nc(-c3cc4c(-c5ccccc5F)nccc4[nH]3)c2c1. The average molecular weight is 436 g/mol. The van der Waals surface area contributed by atoms with Crippen molar-refractivity contribution in [2.45, 2.75) is 6.92 Å². The average Bonchev–Trinajstić information content (AvgIpc) is 3.46. The molecule has 3 aromatic heterocycles. The van der Waals surface area contributed by atoms with E-state index in [0.29, 0.717) is 17.0 Å². The van der Waals surface area contributed by atoms with E-state index in [4.69, 9.17) is 5.73 Å². The fourth-order valence-electron chi connectivity index (χ4n) is 4.02. The first-order chi connectivity index (χ1) is 16.1. The Labute approximate surface area is 190 Å². The summed E-state index contributed by atoms with van der Waals surface area (Å²) in [7, 11) is 0. The van der Waals surface area contributed by atoms with Gasteiger partial charge in [-0.3, -0.25) is 10.1 Å². The molecular weight excluding hydrogens is 413 g/mol. The Hall–Kier alpha value is -4.45. The highest BCUT2D eigenvalue weighted by Crippen LogP contribution is 2.34. The molecule has 0 saturated carbocycles. The van der Waals surface area contributed by atoms with Crippen molar-refractivity contribution in [2.75, 3.05) is 0 Å². The van der Waals surface area contributed by atoms with Gasteiger partial charge in [0.15, 0.2) is 0 Å². The lowest BCUT2D eigenvalue weighted by Gasteiger charge is -2.04. The maximum absolute atomic E-state index is 14.5. The summed E-state index contributed by atoms with van der Waals surface area (Å²) >= 11 is 0. The minimum atomic E-state index is -0.305. The molecule has 5 rings (SSSR count). The van der Waals surface area contributed by atoms with E-state index in [9.17, 15) is 4.39 Å². The summed E-state index contributed by atoms with van der Waals surface area (Å²) in [4.78, 5) is 7.88. The summed E-state index contributed by atoms with van der Waals surface area (Å²) in [5.74, 6) is -0.305. The van der Waals surface area contributed by atoms with Crippen LogP contribution in [0.2, 0.25) is 0 Å². The number of hydrogen-bond donors (Lipinski definition) is 3. The highest BCUT2D eigenvalue weighted by molar-refractivity contribution is 6.00. The largest absolute Gasteiger partial charge is 0.399 e. The lowest BCUT2D eigenvalue weighted by Crippen LogP contribution is -1.93. The zero-order valence-electron chi connectivity index (χ0n) is 18.1. The number of nitrogens with one attached hydrogen (secondary N) is 2. The molecular formula is C27H22FN5. The normalized spacial score (nSPS) is 12.5. The zero-order valence-corrected chi connectivity index (χ0v) is 18.1. The number of halogens is 1. The zero-order chi connectivity index (χ0) is 22.9. The number of aromatic amines is 2. The summed E-state index contributed by atoms with van der Waals surface area (Å²) in [6, 6.07) is 16.6. The van der Waals surface area contributed by atoms with E-state index in [1.807, 2.05) is 49.4 Å². The molecule has 0 aliphatic heterocycles. The van der Waals surface area contributed by atoms with E-state index >= 15 is 0 Å². The van der Waals surface area contributed by atoms with Gasteiger partial charge in [0.25, 0.3) is 0 Å². The van der Waals surface area contributed by atoms with E-state index in [1.54, 1.807) is 24.4 Å². The molecule has 0 unspecified atom stereocenters. The van der Waals surface area contributed by atoms with Gasteiger partial charge in [0, 0.05) is 33.7 Å². The molecule has 4 N–H and O–H groups in total. The standard InChI is InChI=1S/C27H22FN5/c1-3-16(13-18(29)4-2)17-9-10-24-20(14-17)27(33-32-24)25-15-21-23(31-25)11-12-30-26(21)19-7-5-6-8-22(19)28/h3-15,31H,2,29H2,1H3,(H,32,33)/b16-3+,18-13+. The lowest BCUT2D eigenvalue weighted by molar-refractivity contribution is 0.631. The van der Waals surface area contributed by atoms with E-state index < -0.39 is 0 Å². The summed E-state index contributed by atoms with van der Waals surface area (Å²) in [5.41, 5.74) is 13.0. The Bertz CT molecular complexity index is 1570. The third kappa shape index (κ3) is 3.61. The van der Waals surface area contributed by atoms with Gasteiger partial charge in [0.2, 0.25) is 0 Å². The van der Waals surface area contributed by atoms with Gasteiger partial charge in [-0.05, 0) is 66.6 Å². The van der Waals surface area contributed by atoms with Crippen LogP contribution in [0.4, 0.5) is 4.39 Å². The van der Waals surface area contributed by atoms with Crippen LogP contribution in [0.3, 0.4) is 0 Å². The van der Waals surface area contributed by atoms with Crippen LogP contribution in [-0.4, -0.2) is 20.2 Å². The Balaban J connectivity index is 1.65. The van der Waals surface area contributed by atoms with Crippen LogP contribution >= 0.6 is 0 Å². The van der Waals surface area contributed by atoms with Crippen molar-refractivity contribution < 1.29 is 4.39 Å². The predicted octanol–water partition coefficient (Wildman–Crippen LogP) is 6.34. The minimum absolute atomic E-state index is 0.305. The monoisotopic (exact) mass is 435 g/mol. The number of allylic oxidation sites excluding steroid dienone is 4. The first kappa shape index (κ1) is 20.5. The van der Waals surface area contributed by atoms with Gasteiger partial charge in [-0.1, -0.05) is 30.9 Å². The number of nitrogens with zero attached hydrogens (tertiary/aromatic N) is 2. The van der Waals surface area contributed by atoms with Crippen LogP contribution in [0.1, 0.15) is 12.5 Å². The summed E-state index contributed by atoms with van der Waals surface area (Å²) in [5, 5.41) is 9.46. The maximum Gasteiger partial charge on any atom is 0.132 e. The van der Waals surface area contributed by atoms with Gasteiger partial charge in [-0.2, -0.15) is 5.10 Å². The first-order valence-corrected chi connectivity index (χ1v) is 10.6. The van der Waals surface area contributed by atoms with Gasteiger partial charge >= 0.3 is 0 Å². The molecule has 3 heterocycles. The quantitative estimate of drug-likeness (QED) is 0.282. The molecule has 0 atom stereocenters. The van der Waals surface area contributed by atoms with Crippen molar-refractivity contribution in [2.24, 2.45) is 5.73 Å². The highest BCUT2D eigenvalue weighted by Gasteiger charge is 2.16. The number of hydrogen-bond acceptors (Lipinski definition) is 3. The van der Waals surface area contributed by atoms with Crippen molar-refractivity contribution in [3.63, 3.8) is 0 Å². The van der Waals surface area contributed by atoms with Gasteiger partial charge < -0.3 is 10.7 Å². The number of H-pyrrole nitrogens is 2. The van der Waals surface area contributed by atoms with Gasteiger partial charge in [-0.15, -0.1) is 0 Å². The number of rotatable bonds is 5. The van der Waals surface area contributed by atoms with Crippen LogP contribution in [0.15, 0.2) is 91.3 Å². The lowest BCUT2D eigenvalue weighted by atomic mass is 10.0. The fourth-order valence-corrected chi connectivity index (χ4v) is 4.02. The molecule has 2 aromatic carbocycles. The Morgan fingerprint density at radius 1 is 1.03 bits per heavy atom. The maximum atomic E-state index is 14.5. The van der Waals surface area contributed by atoms with Gasteiger partial charge in [-0.25, -0.2) is 4.39 Å². The number of fused-ring (bicyclic) bond motifs is 2. The molecule has 0 radical (unpaired) electrons. The second-order valence-corrected chi connectivity index (χ2v) is 7.71. The predicted molar refractivity (Wildman–Crippen MR) is 133 cm³/mol. The molecule has 33 heavy (non-hydrogen) atoms. The third-order valence-corrected chi connectivity index (χ3v) is 5.70. The van der Waals surface area contributed by atoms with Crippen molar-refractivity contribution in [3.8, 4) is 22.6 Å². The van der Waals surface area contributed by atoms with Crippen molar-refractivity contribution in [1.29, 1.82) is 0 Å². The second-order valence-electron chi connectivity index (χ2n) is 7.71. The smallest absolute Gasteiger partial charge is 0.132 e. The van der Waals surface area contributed by atoms with Crippen LogP contribution in [0.5, 0.6) is 0 Å². The molecule has 6 heteroatoms. The van der Waals surface area contributed by atoms with Crippen molar-refractivity contribution in [1.82, 2.24) is 20.2 Å². The van der Waals surface area contributed by atoms with E-state index in [-0.39, 0.29) is 5.82 Å². The molecule has 0 fully saturated rings. The Morgan fingerprint density at radius 2 is 1.85 bits per heavy atom. The topological polar surface area (TPSA) is 83.4 Å². The summed E-state index contributed by atoms with van der Waals surface area (Å²) in [6.45, 7) is 5.69. The number of benzene rings is 2. The molecule has 0 saturated heterocycles. The first-order valence-electron chi connectivity index (χ1n) is 10.6. The molecule has 5 nitrogen and oxygen atoms in total. The number of nitrogens with two attached hydrogens (primary N) is 1. The van der Waals surface area contributed by atoms with Crippen molar-refractivity contribution >= 4 is 27.4 Å². The fraction of sp³-hybridized carbons (Fsp3) is 0.0370. The molecule has 162 valence electrons. The van der Waals surface area contributed by atoms with Gasteiger partial charge in [0.1, 0.15) is 11.5 Å². The van der Waals surface area contributed by atoms with Crippen LogP contribution < -0.4 is 5.73 Å². The molecule has 0 spiro atoms. The van der Waals surface area contributed by atoms with Crippen LogP contribution in [0, 0.1) is 5.82 Å². The second kappa shape index (κ2) is 8.24. The Kier molecular flexibility index (Phi) is 5.11. The molecule has 5 aromatic rings. The van der Waals surface area contributed by atoms with E-state index in [0.717, 1.165) is 44.3 Å². The van der Waals surface area contributed by atoms with E-state index in [1.165, 1.54) is 6.07 Å². The summed E-state index contributed by atoms with van der Waals surface area (Å²) in [6.07, 6.45) is 7.20. The molecule has 0 amide bonds. The molecule has 0 aliphatic rings. The molecule has 0 bridgehead atoms. The van der Waals surface area contributed by atoms with Crippen molar-refractivity contribution in [3.05, 3.63) is 103 Å². The Morgan fingerprint density at radius 3 is 2.64 bits per heavy atom. The molecule has 0 aliphatic carbocycles. The van der Waals surface area contributed by atoms with Gasteiger partial charge in [0.05, 0.1) is 16.9 Å². The minimum Gasteiger partial charge on any atom is -0.399 e. The van der Waals surface area contributed by atoms with Crippen LogP contribution in [-0.2, 0) is 0 Å². The number of pyridine rings is 1. The number of aromatic nitrogens is 4. The van der Waals surface area contributed by atoms with E-state index in [2.05, 4.69) is 32.8 Å². The third-order valence-electron chi connectivity index (χ3n) is 5.70. The highest BCUT2D eigenvalue weighted by atomic mass is 19.1. The van der Waals surface area contributed by atoms with Crippen LogP contribution in [0.25, 0.3) is 50.0 Å².